The maximum atomic E-state index is 13.1. The second-order valence-electron chi connectivity index (χ2n) is 6.00. The number of rotatable bonds is 4. The highest BCUT2D eigenvalue weighted by Crippen LogP contribution is 2.15. The predicted molar refractivity (Wildman–Crippen MR) is 88.2 cm³/mol. The van der Waals surface area contributed by atoms with Gasteiger partial charge in [0.25, 0.3) is 0 Å². The van der Waals surface area contributed by atoms with Crippen LogP contribution in [0, 0.1) is 5.82 Å². The third-order valence-corrected chi connectivity index (χ3v) is 4.31. The van der Waals surface area contributed by atoms with Crippen LogP contribution in [-0.2, 0) is 13.0 Å². The summed E-state index contributed by atoms with van der Waals surface area (Å²) in [5.74, 6) is -0.165. The van der Waals surface area contributed by atoms with Gasteiger partial charge in [-0.05, 0) is 42.6 Å². The highest BCUT2D eigenvalue weighted by Gasteiger charge is 2.21. The standard InChI is InChI=1S/C19H23FN2/c20-18-9-7-17(8-10-18)15-22-12-4-11-21-14-19(22)13-16-5-2-1-3-6-16/h1-3,5-10,19,21H,4,11-15H2. The molecule has 0 radical (unpaired) electrons. The summed E-state index contributed by atoms with van der Waals surface area (Å²) >= 11 is 0. The first-order valence-corrected chi connectivity index (χ1v) is 8.04. The monoisotopic (exact) mass is 298 g/mol. The van der Waals surface area contributed by atoms with Gasteiger partial charge in [-0.25, -0.2) is 4.39 Å². The van der Waals surface area contributed by atoms with Crippen LogP contribution in [0.25, 0.3) is 0 Å². The molecule has 1 aliphatic rings. The molecule has 1 heterocycles. The molecule has 2 nitrogen and oxygen atoms in total. The van der Waals surface area contributed by atoms with Crippen molar-refractivity contribution in [1.82, 2.24) is 10.2 Å². The van der Waals surface area contributed by atoms with Crippen molar-refractivity contribution in [2.45, 2.75) is 25.4 Å². The fraction of sp³-hybridized carbons (Fsp3) is 0.368. The van der Waals surface area contributed by atoms with Crippen LogP contribution in [0.4, 0.5) is 4.39 Å². The Hall–Kier alpha value is -1.71. The Labute approximate surface area is 132 Å². The van der Waals surface area contributed by atoms with Gasteiger partial charge < -0.3 is 5.32 Å². The Bertz CT molecular complexity index is 568. The second-order valence-corrected chi connectivity index (χ2v) is 6.00. The fourth-order valence-electron chi connectivity index (χ4n) is 3.11. The minimum absolute atomic E-state index is 0.165. The van der Waals surface area contributed by atoms with Crippen LogP contribution in [0.2, 0.25) is 0 Å². The van der Waals surface area contributed by atoms with E-state index in [0.29, 0.717) is 6.04 Å². The van der Waals surface area contributed by atoms with Crippen molar-refractivity contribution in [3.8, 4) is 0 Å². The molecule has 0 aliphatic carbocycles. The molecule has 1 fully saturated rings. The molecule has 0 spiro atoms. The van der Waals surface area contributed by atoms with Crippen LogP contribution in [-0.4, -0.2) is 30.6 Å². The van der Waals surface area contributed by atoms with Crippen molar-refractivity contribution in [2.24, 2.45) is 0 Å². The first-order chi connectivity index (χ1) is 10.8. The van der Waals surface area contributed by atoms with Crippen molar-refractivity contribution in [1.29, 1.82) is 0 Å². The van der Waals surface area contributed by atoms with Crippen molar-refractivity contribution >= 4 is 0 Å². The number of hydrogen-bond donors (Lipinski definition) is 1. The Morgan fingerprint density at radius 3 is 2.55 bits per heavy atom. The normalized spacial score (nSPS) is 19.8. The molecule has 1 atom stereocenters. The molecule has 1 unspecified atom stereocenters. The molecular formula is C19H23FN2. The quantitative estimate of drug-likeness (QED) is 0.932. The van der Waals surface area contributed by atoms with Crippen LogP contribution in [0.1, 0.15) is 17.5 Å². The summed E-state index contributed by atoms with van der Waals surface area (Å²) in [6.45, 7) is 4.06. The third-order valence-electron chi connectivity index (χ3n) is 4.31. The molecule has 3 heteroatoms. The van der Waals surface area contributed by atoms with E-state index in [2.05, 4.69) is 40.5 Å². The van der Waals surface area contributed by atoms with E-state index in [-0.39, 0.29) is 5.82 Å². The van der Waals surface area contributed by atoms with Crippen LogP contribution in [0.5, 0.6) is 0 Å². The Morgan fingerprint density at radius 1 is 1.00 bits per heavy atom. The summed E-state index contributed by atoms with van der Waals surface area (Å²) in [7, 11) is 0. The Kier molecular flexibility index (Phi) is 5.20. The van der Waals surface area contributed by atoms with Gasteiger partial charge in [-0.15, -0.1) is 0 Å². The van der Waals surface area contributed by atoms with Crippen molar-refractivity contribution in [3.05, 3.63) is 71.5 Å². The molecule has 116 valence electrons. The molecule has 3 rings (SSSR count). The number of benzene rings is 2. The molecule has 1 aliphatic heterocycles. The van der Waals surface area contributed by atoms with Gasteiger partial charge in [0.1, 0.15) is 5.82 Å². The summed E-state index contributed by atoms with van der Waals surface area (Å²) in [5, 5.41) is 3.54. The number of nitrogens with zero attached hydrogens (tertiary/aromatic N) is 1. The molecule has 1 saturated heterocycles. The molecule has 0 amide bonds. The maximum absolute atomic E-state index is 13.1. The van der Waals surface area contributed by atoms with Gasteiger partial charge >= 0.3 is 0 Å². The van der Waals surface area contributed by atoms with Crippen LogP contribution in [0.15, 0.2) is 54.6 Å². The highest BCUT2D eigenvalue weighted by atomic mass is 19.1. The number of nitrogens with one attached hydrogen (secondary N) is 1. The average molecular weight is 298 g/mol. The summed E-state index contributed by atoms with van der Waals surface area (Å²) < 4.78 is 13.1. The van der Waals surface area contributed by atoms with Crippen molar-refractivity contribution in [2.75, 3.05) is 19.6 Å². The first-order valence-electron chi connectivity index (χ1n) is 8.04. The minimum Gasteiger partial charge on any atom is -0.315 e. The van der Waals surface area contributed by atoms with E-state index in [1.807, 2.05) is 12.1 Å². The third kappa shape index (κ3) is 4.15. The molecular weight excluding hydrogens is 275 g/mol. The van der Waals surface area contributed by atoms with Crippen LogP contribution < -0.4 is 5.32 Å². The molecule has 0 saturated carbocycles. The van der Waals surface area contributed by atoms with Crippen molar-refractivity contribution < 1.29 is 4.39 Å². The number of halogens is 1. The van der Waals surface area contributed by atoms with Crippen LogP contribution in [0.3, 0.4) is 0 Å². The topological polar surface area (TPSA) is 15.3 Å². The van der Waals surface area contributed by atoms with E-state index in [0.717, 1.165) is 39.0 Å². The summed E-state index contributed by atoms with van der Waals surface area (Å²) in [4.78, 5) is 2.53. The lowest BCUT2D eigenvalue weighted by molar-refractivity contribution is 0.198. The smallest absolute Gasteiger partial charge is 0.123 e. The zero-order valence-electron chi connectivity index (χ0n) is 12.8. The molecule has 2 aromatic carbocycles. The van der Waals surface area contributed by atoms with Gasteiger partial charge in [0.2, 0.25) is 0 Å². The maximum Gasteiger partial charge on any atom is 0.123 e. The minimum atomic E-state index is -0.165. The van der Waals surface area contributed by atoms with Crippen molar-refractivity contribution in [3.63, 3.8) is 0 Å². The summed E-state index contributed by atoms with van der Waals surface area (Å²) in [6, 6.07) is 18.0. The summed E-state index contributed by atoms with van der Waals surface area (Å²) in [5.41, 5.74) is 2.56. The molecule has 0 aromatic heterocycles. The molecule has 0 bridgehead atoms. The Morgan fingerprint density at radius 2 is 1.77 bits per heavy atom. The molecule has 22 heavy (non-hydrogen) atoms. The second kappa shape index (κ2) is 7.52. The van der Waals surface area contributed by atoms with Gasteiger partial charge in [-0.1, -0.05) is 42.5 Å². The largest absolute Gasteiger partial charge is 0.315 e. The van der Waals surface area contributed by atoms with Gasteiger partial charge in [-0.3, -0.25) is 4.90 Å². The lowest BCUT2D eigenvalue weighted by Crippen LogP contribution is -2.40. The van der Waals surface area contributed by atoms with Gasteiger partial charge in [0.05, 0.1) is 0 Å². The van der Waals surface area contributed by atoms with E-state index in [4.69, 9.17) is 0 Å². The van der Waals surface area contributed by atoms with Gasteiger partial charge in [0, 0.05) is 25.7 Å². The lowest BCUT2D eigenvalue weighted by Gasteiger charge is -2.30. The highest BCUT2D eigenvalue weighted by molar-refractivity contribution is 5.18. The van der Waals surface area contributed by atoms with Gasteiger partial charge in [-0.2, -0.15) is 0 Å². The van der Waals surface area contributed by atoms with E-state index in [1.54, 1.807) is 12.1 Å². The first kappa shape index (κ1) is 15.2. The van der Waals surface area contributed by atoms with E-state index in [1.165, 1.54) is 11.1 Å². The van der Waals surface area contributed by atoms with E-state index >= 15 is 0 Å². The van der Waals surface area contributed by atoms with Gasteiger partial charge in [0.15, 0.2) is 0 Å². The Balaban J connectivity index is 1.71. The lowest BCUT2D eigenvalue weighted by atomic mass is 10.0. The predicted octanol–water partition coefficient (Wildman–Crippen LogP) is 3.23. The SMILES string of the molecule is Fc1ccc(CN2CCCNCC2Cc2ccccc2)cc1. The molecule has 2 aromatic rings. The van der Waals surface area contributed by atoms with E-state index < -0.39 is 0 Å². The molecule has 1 N–H and O–H groups in total. The average Bonchev–Trinajstić information content (AvgIpc) is 2.76. The fourth-order valence-corrected chi connectivity index (χ4v) is 3.11. The number of hydrogen-bond acceptors (Lipinski definition) is 2. The zero-order valence-corrected chi connectivity index (χ0v) is 12.8. The zero-order chi connectivity index (χ0) is 15.2. The van der Waals surface area contributed by atoms with E-state index in [9.17, 15) is 4.39 Å². The van der Waals surface area contributed by atoms with Crippen LogP contribution >= 0.6 is 0 Å². The summed E-state index contributed by atoms with van der Waals surface area (Å²) in [6.07, 6.45) is 2.21.